The van der Waals surface area contributed by atoms with Gasteiger partial charge in [-0.05, 0) is 24.1 Å². The van der Waals surface area contributed by atoms with Gasteiger partial charge in [-0.2, -0.15) is 8.78 Å². The summed E-state index contributed by atoms with van der Waals surface area (Å²) in [6.07, 6.45) is 0.788. The Kier molecular flexibility index (Phi) is 7.77. The first-order valence-electron chi connectivity index (χ1n) is 7.62. The van der Waals surface area contributed by atoms with Crippen LogP contribution in [0, 0.1) is 0 Å². The third-order valence-corrected chi connectivity index (χ3v) is 3.94. The van der Waals surface area contributed by atoms with Gasteiger partial charge in [0.2, 0.25) is 5.91 Å². The predicted molar refractivity (Wildman–Crippen MR) is 90.9 cm³/mol. The number of carbonyl (C=O) groups excluding carboxylic acids is 1. The number of rotatable bonds is 10. The number of amides is 1. The summed E-state index contributed by atoms with van der Waals surface area (Å²) in [5.74, 6) is -1.24. The molecule has 0 atom stereocenters. The fraction of sp³-hybridized carbons (Fsp3) is 0.353. The van der Waals surface area contributed by atoms with Crippen molar-refractivity contribution in [1.29, 1.82) is 0 Å². The fourth-order valence-corrected chi connectivity index (χ4v) is 2.54. The molecule has 130 valence electrons. The lowest BCUT2D eigenvalue weighted by molar-refractivity contribution is -0.120. The number of alkyl halides is 2. The van der Waals surface area contributed by atoms with Crippen molar-refractivity contribution in [1.82, 2.24) is 10.6 Å². The Balaban J connectivity index is 1.59. The second-order valence-electron chi connectivity index (χ2n) is 5.13. The van der Waals surface area contributed by atoms with Gasteiger partial charge in [-0.15, -0.1) is 0 Å². The molecule has 0 aliphatic heterocycles. The summed E-state index contributed by atoms with van der Waals surface area (Å²) in [5.41, 5.74) is 1.18. The van der Waals surface area contributed by atoms with Gasteiger partial charge in [-0.25, -0.2) is 0 Å². The van der Waals surface area contributed by atoms with Crippen LogP contribution in [-0.2, 0) is 23.5 Å². The minimum Gasteiger partial charge on any atom is -0.464 e. The maximum Gasteiger partial charge on any atom is 0.284 e. The van der Waals surface area contributed by atoms with E-state index in [9.17, 15) is 13.6 Å². The quantitative estimate of drug-likeness (QED) is 0.688. The van der Waals surface area contributed by atoms with E-state index in [0.29, 0.717) is 36.4 Å². The molecule has 0 fully saturated rings. The summed E-state index contributed by atoms with van der Waals surface area (Å²) in [5, 5.41) is 5.80. The van der Waals surface area contributed by atoms with Gasteiger partial charge in [0.15, 0.2) is 0 Å². The molecule has 0 saturated heterocycles. The zero-order chi connectivity index (χ0) is 17.2. The van der Waals surface area contributed by atoms with E-state index in [1.165, 1.54) is 5.56 Å². The molecule has 24 heavy (non-hydrogen) atoms. The maximum atomic E-state index is 12.1. The highest BCUT2D eigenvalue weighted by Crippen LogP contribution is 2.21. The van der Waals surface area contributed by atoms with Crippen molar-refractivity contribution in [2.45, 2.75) is 24.5 Å². The standard InChI is InChI=1S/C17H20F2N2O2S/c18-17(19)24-12-15-7-6-14(23-15)10-20-11-16(22)21-9-8-13-4-2-1-3-5-13/h1-7,17,20H,8-12H2,(H,21,22). The molecule has 4 nitrogen and oxygen atoms in total. The van der Waals surface area contributed by atoms with Crippen molar-refractivity contribution < 1.29 is 18.0 Å². The molecule has 1 amide bonds. The Labute approximate surface area is 144 Å². The van der Waals surface area contributed by atoms with Crippen molar-refractivity contribution in [3.8, 4) is 0 Å². The van der Waals surface area contributed by atoms with Crippen LogP contribution in [0.25, 0.3) is 0 Å². The molecule has 0 aliphatic rings. The van der Waals surface area contributed by atoms with E-state index in [2.05, 4.69) is 10.6 Å². The van der Waals surface area contributed by atoms with Gasteiger partial charge in [-0.1, -0.05) is 42.1 Å². The number of halogens is 2. The predicted octanol–water partition coefficient (Wildman–Crippen LogP) is 3.18. The first-order valence-corrected chi connectivity index (χ1v) is 8.67. The van der Waals surface area contributed by atoms with Crippen molar-refractivity contribution >= 4 is 17.7 Å². The molecule has 0 aliphatic carbocycles. The third-order valence-electron chi connectivity index (χ3n) is 3.23. The molecule has 7 heteroatoms. The molecule has 0 saturated carbocycles. The van der Waals surface area contributed by atoms with E-state index in [1.54, 1.807) is 12.1 Å². The normalized spacial score (nSPS) is 11.0. The Morgan fingerprint density at radius 3 is 2.62 bits per heavy atom. The zero-order valence-electron chi connectivity index (χ0n) is 13.1. The van der Waals surface area contributed by atoms with Gasteiger partial charge in [0.05, 0.1) is 18.8 Å². The molecule has 0 spiro atoms. The highest BCUT2D eigenvalue weighted by Gasteiger charge is 2.07. The number of furan rings is 1. The molecule has 0 unspecified atom stereocenters. The average molecular weight is 354 g/mol. The summed E-state index contributed by atoms with van der Waals surface area (Å²) in [6, 6.07) is 13.3. The number of thioether (sulfide) groups is 1. The minimum absolute atomic E-state index is 0.0917. The third kappa shape index (κ3) is 7.14. The Morgan fingerprint density at radius 1 is 1.12 bits per heavy atom. The van der Waals surface area contributed by atoms with Gasteiger partial charge in [0.1, 0.15) is 11.5 Å². The highest BCUT2D eigenvalue weighted by atomic mass is 32.2. The fourth-order valence-electron chi connectivity index (χ4n) is 2.09. The number of hydrogen-bond acceptors (Lipinski definition) is 4. The van der Waals surface area contributed by atoms with Gasteiger partial charge in [0, 0.05) is 6.54 Å². The first-order chi connectivity index (χ1) is 11.6. The molecule has 1 aromatic heterocycles. The Hall–Kier alpha value is -1.86. The summed E-state index contributed by atoms with van der Waals surface area (Å²) < 4.78 is 29.6. The largest absolute Gasteiger partial charge is 0.464 e. The van der Waals surface area contributed by atoms with Crippen LogP contribution in [0.1, 0.15) is 17.1 Å². The van der Waals surface area contributed by atoms with Gasteiger partial charge >= 0.3 is 0 Å². The monoisotopic (exact) mass is 354 g/mol. The molecule has 1 heterocycles. The summed E-state index contributed by atoms with van der Waals surface area (Å²) in [6.45, 7) is 1.14. The Morgan fingerprint density at radius 2 is 1.88 bits per heavy atom. The van der Waals surface area contributed by atoms with Gasteiger partial charge < -0.3 is 15.1 Å². The molecular formula is C17H20F2N2O2S. The van der Waals surface area contributed by atoms with Crippen LogP contribution < -0.4 is 10.6 Å². The second-order valence-corrected chi connectivity index (χ2v) is 6.11. The van der Waals surface area contributed by atoms with E-state index < -0.39 is 5.76 Å². The molecule has 0 bridgehead atoms. The van der Waals surface area contributed by atoms with Crippen LogP contribution in [0.4, 0.5) is 8.78 Å². The lowest BCUT2D eigenvalue weighted by Crippen LogP contribution is -2.34. The van der Waals surface area contributed by atoms with Crippen molar-refractivity contribution in [3.63, 3.8) is 0 Å². The van der Waals surface area contributed by atoms with Crippen LogP contribution in [0.5, 0.6) is 0 Å². The molecule has 1 aromatic carbocycles. The second kappa shape index (κ2) is 10.1. The number of nitrogens with one attached hydrogen (secondary N) is 2. The van der Waals surface area contributed by atoms with Gasteiger partial charge in [-0.3, -0.25) is 4.79 Å². The van der Waals surface area contributed by atoms with Crippen LogP contribution in [0.3, 0.4) is 0 Å². The SMILES string of the molecule is O=C(CNCc1ccc(CSC(F)F)o1)NCCc1ccccc1. The molecule has 2 aromatic rings. The first kappa shape index (κ1) is 18.5. The van der Waals surface area contributed by atoms with Crippen molar-refractivity contribution in [3.05, 3.63) is 59.5 Å². The van der Waals surface area contributed by atoms with E-state index in [1.807, 2.05) is 30.3 Å². The Bertz CT molecular complexity index is 620. The van der Waals surface area contributed by atoms with Gasteiger partial charge in [0.25, 0.3) is 5.76 Å². The zero-order valence-corrected chi connectivity index (χ0v) is 14.0. The summed E-state index contributed by atoms with van der Waals surface area (Å²) in [4.78, 5) is 11.7. The lowest BCUT2D eigenvalue weighted by atomic mass is 10.1. The highest BCUT2D eigenvalue weighted by molar-refractivity contribution is 7.98. The average Bonchev–Trinajstić information content (AvgIpc) is 3.02. The van der Waals surface area contributed by atoms with Crippen LogP contribution in [-0.4, -0.2) is 24.8 Å². The molecule has 0 radical (unpaired) electrons. The smallest absolute Gasteiger partial charge is 0.284 e. The van der Waals surface area contributed by atoms with Crippen LogP contribution in [0.15, 0.2) is 46.9 Å². The minimum atomic E-state index is -2.41. The van der Waals surface area contributed by atoms with E-state index in [4.69, 9.17) is 4.42 Å². The summed E-state index contributed by atoms with van der Waals surface area (Å²) in [7, 11) is 0. The molecule has 2 rings (SSSR count). The van der Waals surface area contributed by atoms with E-state index in [-0.39, 0.29) is 18.2 Å². The van der Waals surface area contributed by atoms with Crippen LogP contribution in [0.2, 0.25) is 0 Å². The van der Waals surface area contributed by atoms with Crippen molar-refractivity contribution in [2.24, 2.45) is 0 Å². The van der Waals surface area contributed by atoms with Crippen molar-refractivity contribution in [2.75, 3.05) is 13.1 Å². The molecular weight excluding hydrogens is 334 g/mol. The molecule has 2 N–H and O–H groups in total. The maximum absolute atomic E-state index is 12.1. The van der Waals surface area contributed by atoms with E-state index >= 15 is 0 Å². The summed E-state index contributed by atoms with van der Waals surface area (Å²) >= 11 is 0.522. The number of carbonyl (C=O) groups is 1. The number of hydrogen-bond donors (Lipinski definition) is 2. The topological polar surface area (TPSA) is 54.3 Å². The lowest BCUT2D eigenvalue weighted by Gasteiger charge is -2.06. The van der Waals surface area contributed by atoms with Crippen LogP contribution >= 0.6 is 11.8 Å². The van der Waals surface area contributed by atoms with E-state index in [0.717, 1.165) is 6.42 Å². The number of benzene rings is 1.